The maximum absolute atomic E-state index is 13.0. The van der Waals surface area contributed by atoms with Crippen LogP contribution in [0.4, 0.5) is 4.39 Å². The van der Waals surface area contributed by atoms with Gasteiger partial charge < -0.3 is 4.74 Å². The van der Waals surface area contributed by atoms with E-state index in [1.54, 1.807) is 0 Å². The molecule has 2 aromatic carbocycles. The largest absolute Gasteiger partial charge is 0.494 e. The SMILES string of the molecule is CCOc1ccc(CN2CCN(S(=O)(=O)Cc3ccc(F)cc3)CC2)cc1. The first-order valence-electron chi connectivity index (χ1n) is 9.12. The number of rotatable bonds is 7. The monoisotopic (exact) mass is 392 g/mol. The third kappa shape index (κ3) is 5.51. The standard InChI is InChI=1S/C20H25FN2O3S/c1-2-26-20-9-5-17(6-10-20)15-22-11-13-23(14-12-22)27(24,25)16-18-3-7-19(21)8-4-18/h3-10H,2,11-16H2,1H3. The van der Waals surface area contributed by atoms with Crippen LogP contribution in [-0.2, 0) is 22.3 Å². The molecule has 0 radical (unpaired) electrons. The van der Waals surface area contributed by atoms with E-state index in [9.17, 15) is 12.8 Å². The molecule has 0 N–H and O–H groups in total. The molecular formula is C20H25FN2O3S. The van der Waals surface area contributed by atoms with Crippen LogP contribution < -0.4 is 4.74 Å². The molecule has 0 aliphatic carbocycles. The summed E-state index contributed by atoms with van der Waals surface area (Å²) >= 11 is 0. The molecule has 27 heavy (non-hydrogen) atoms. The van der Waals surface area contributed by atoms with Gasteiger partial charge in [-0.1, -0.05) is 24.3 Å². The Morgan fingerprint density at radius 3 is 2.11 bits per heavy atom. The molecule has 0 amide bonds. The number of halogens is 1. The fourth-order valence-corrected chi connectivity index (χ4v) is 4.68. The van der Waals surface area contributed by atoms with Gasteiger partial charge >= 0.3 is 0 Å². The average molecular weight is 392 g/mol. The van der Waals surface area contributed by atoms with E-state index in [1.165, 1.54) is 34.1 Å². The van der Waals surface area contributed by atoms with Crippen LogP contribution in [0.2, 0.25) is 0 Å². The van der Waals surface area contributed by atoms with Crippen molar-refractivity contribution in [2.24, 2.45) is 0 Å². The van der Waals surface area contributed by atoms with Crippen molar-refractivity contribution < 1.29 is 17.5 Å². The van der Waals surface area contributed by atoms with Crippen LogP contribution in [0.15, 0.2) is 48.5 Å². The Labute approximate surface area is 160 Å². The van der Waals surface area contributed by atoms with Gasteiger partial charge in [-0.2, -0.15) is 4.31 Å². The molecule has 1 heterocycles. The van der Waals surface area contributed by atoms with E-state index in [0.29, 0.717) is 38.3 Å². The minimum atomic E-state index is -3.39. The molecular weight excluding hydrogens is 367 g/mol. The lowest BCUT2D eigenvalue weighted by molar-refractivity contribution is 0.181. The van der Waals surface area contributed by atoms with Gasteiger partial charge in [-0.15, -0.1) is 0 Å². The summed E-state index contributed by atoms with van der Waals surface area (Å²) in [5.41, 5.74) is 1.79. The maximum Gasteiger partial charge on any atom is 0.218 e. The van der Waals surface area contributed by atoms with Crippen LogP contribution in [0.5, 0.6) is 5.75 Å². The molecule has 0 unspecified atom stereocenters. The normalized spacial score (nSPS) is 16.4. The average Bonchev–Trinajstić information content (AvgIpc) is 2.66. The lowest BCUT2D eigenvalue weighted by Crippen LogP contribution is -2.48. The molecule has 0 bridgehead atoms. The second-order valence-electron chi connectivity index (χ2n) is 6.63. The summed E-state index contributed by atoms with van der Waals surface area (Å²) in [6, 6.07) is 13.6. The number of ether oxygens (including phenoxy) is 1. The number of sulfonamides is 1. The molecule has 1 fully saturated rings. The van der Waals surface area contributed by atoms with Gasteiger partial charge in [0, 0.05) is 32.7 Å². The van der Waals surface area contributed by atoms with Gasteiger partial charge in [0.15, 0.2) is 0 Å². The Hall–Kier alpha value is -1.96. The molecule has 0 aromatic heterocycles. The number of benzene rings is 2. The van der Waals surface area contributed by atoms with Gasteiger partial charge in [0.05, 0.1) is 12.4 Å². The van der Waals surface area contributed by atoms with Crippen LogP contribution >= 0.6 is 0 Å². The molecule has 146 valence electrons. The Morgan fingerprint density at radius 1 is 0.926 bits per heavy atom. The van der Waals surface area contributed by atoms with Crippen LogP contribution in [0.3, 0.4) is 0 Å². The lowest BCUT2D eigenvalue weighted by atomic mass is 10.2. The summed E-state index contributed by atoms with van der Waals surface area (Å²) in [7, 11) is -3.39. The highest BCUT2D eigenvalue weighted by Crippen LogP contribution is 2.17. The molecule has 0 saturated carbocycles. The van der Waals surface area contributed by atoms with Crippen molar-refractivity contribution in [1.29, 1.82) is 0 Å². The molecule has 1 saturated heterocycles. The van der Waals surface area contributed by atoms with Gasteiger partial charge in [-0.3, -0.25) is 4.90 Å². The van der Waals surface area contributed by atoms with Crippen molar-refractivity contribution in [2.45, 2.75) is 19.2 Å². The highest BCUT2D eigenvalue weighted by molar-refractivity contribution is 7.88. The number of hydrogen-bond acceptors (Lipinski definition) is 4. The van der Waals surface area contributed by atoms with Crippen molar-refractivity contribution in [1.82, 2.24) is 9.21 Å². The third-order valence-corrected chi connectivity index (χ3v) is 6.48. The summed E-state index contributed by atoms with van der Waals surface area (Å²) in [5, 5.41) is 0. The molecule has 1 aliphatic rings. The Bertz CT molecular complexity index is 831. The zero-order chi connectivity index (χ0) is 19.3. The van der Waals surface area contributed by atoms with E-state index < -0.39 is 10.0 Å². The second-order valence-corrected chi connectivity index (χ2v) is 8.60. The topological polar surface area (TPSA) is 49.9 Å². The first-order chi connectivity index (χ1) is 13.0. The third-order valence-electron chi connectivity index (χ3n) is 4.63. The first kappa shape index (κ1) is 19.8. The fourth-order valence-electron chi connectivity index (χ4n) is 3.16. The van der Waals surface area contributed by atoms with Gasteiger partial charge in [-0.05, 0) is 42.3 Å². The Kier molecular flexibility index (Phi) is 6.46. The second kappa shape index (κ2) is 8.82. The van der Waals surface area contributed by atoms with E-state index in [-0.39, 0.29) is 11.6 Å². The van der Waals surface area contributed by atoms with Crippen molar-refractivity contribution in [2.75, 3.05) is 32.8 Å². The maximum atomic E-state index is 13.0. The van der Waals surface area contributed by atoms with Gasteiger partial charge in [0.2, 0.25) is 10.0 Å². The molecule has 7 heteroatoms. The minimum absolute atomic E-state index is 0.0911. The van der Waals surface area contributed by atoms with Gasteiger partial charge in [0.1, 0.15) is 11.6 Å². The van der Waals surface area contributed by atoms with Crippen LogP contribution in [0.25, 0.3) is 0 Å². The Morgan fingerprint density at radius 2 is 1.52 bits per heavy atom. The number of nitrogens with zero attached hydrogens (tertiary/aromatic N) is 2. The fraction of sp³-hybridized carbons (Fsp3) is 0.400. The zero-order valence-electron chi connectivity index (χ0n) is 15.5. The molecule has 3 rings (SSSR count). The summed E-state index contributed by atoms with van der Waals surface area (Å²) in [6.45, 7) is 5.72. The van der Waals surface area contributed by atoms with E-state index in [1.807, 2.05) is 31.2 Å². The van der Waals surface area contributed by atoms with Crippen LogP contribution in [-0.4, -0.2) is 50.4 Å². The molecule has 0 spiro atoms. The highest BCUT2D eigenvalue weighted by atomic mass is 32.2. The summed E-state index contributed by atoms with van der Waals surface area (Å²) in [6.07, 6.45) is 0. The van der Waals surface area contributed by atoms with Gasteiger partial charge in [0.25, 0.3) is 0 Å². The minimum Gasteiger partial charge on any atom is -0.494 e. The van der Waals surface area contributed by atoms with E-state index in [2.05, 4.69) is 4.90 Å². The zero-order valence-corrected chi connectivity index (χ0v) is 16.3. The van der Waals surface area contributed by atoms with E-state index in [0.717, 1.165) is 12.3 Å². The summed E-state index contributed by atoms with van der Waals surface area (Å²) in [5.74, 6) is 0.406. The number of hydrogen-bond donors (Lipinski definition) is 0. The van der Waals surface area contributed by atoms with Crippen molar-refractivity contribution in [3.05, 3.63) is 65.5 Å². The van der Waals surface area contributed by atoms with E-state index in [4.69, 9.17) is 4.74 Å². The predicted octanol–water partition coefficient (Wildman–Crippen LogP) is 2.87. The smallest absolute Gasteiger partial charge is 0.218 e. The molecule has 2 aromatic rings. The highest BCUT2D eigenvalue weighted by Gasteiger charge is 2.27. The van der Waals surface area contributed by atoms with E-state index >= 15 is 0 Å². The first-order valence-corrected chi connectivity index (χ1v) is 10.7. The van der Waals surface area contributed by atoms with Crippen LogP contribution in [0.1, 0.15) is 18.1 Å². The van der Waals surface area contributed by atoms with Crippen LogP contribution in [0, 0.1) is 5.82 Å². The van der Waals surface area contributed by atoms with Crippen molar-refractivity contribution in [3.63, 3.8) is 0 Å². The molecule has 1 aliphatic heterocycles. The predicted molar refractivity (Wildman–Crippen MR) is 103 cm³/mol. The quantitative estimate of drug-likeness (QED) is 0.727. The van der Waals surface area contributed by atoms with Crippen molar-refractivity contribution in [3.8, 4) is 5.75 Å². The molecule has 5 nitrogen and oxygen atoms in total. The Balaban J connectivity index is 1.52. The lowest BCUT2D eigenvalue weighted by Gasteiger charge is -2.34. The molecule has 0 atom stereocenters. The van der Waals surface area contributed by atoms with Gasteiger partial charge in [-0.25, -0.2) is 12.8 Å². The van der Waals surface area contributed by atoms with Crippen molar-refractivity contribution >= 4 is 10.0 Å². The number of piperazine rings is 1. The summed E-state index contributed by atoms with van der Waals surface area (Å²) < 4.78 is 45.2. The summed E-state index contributed by atoms with van der Waals surface area (Å²) in [4.78, 5) is 2.25.